The Bertz CT molecular complexity index is 943. The summed E-state index contributed by atoms with van der Waals surface area (Å²) in [4.78, 5) is 26.8. The molecule has 2 aromatic heterocycles. The zero-order chi connectivity index (χ0) is 20.1. The zero-order valence-corrected chi connectivity index (χ0v) is 17.3. The molecule has 0 saturated carbocycles. The number of pyridine rings is 1. The lowest BCUT2D eigenvalue weighted by Gasteiger charge is -2.22. The van der Waals surface area contributed by atoms with Crippen LogP contribution in [-0.4, -0.2) is 48.7 Å². The molecular formula is C22H24N4O2S. The van der Waals surface area contributed by atoms with Gasteiger partial charge in [-0.25, -0.2) is 14.8 Å². The summed E-state index contributed by atoms with van der Waals surface area (Å²) in [5.74, 6) is 0.565. The maximum absolute atomic E-state index is 11.8. The molecule has 0 radical (unpaired) electrons. The third-order valence-corrected chi connectivity index (χ3v) is 6.01. The number of ether oxygens (including phenoxy) is 1. The van der Waals surface area contributed by atoms with Crippen LogP contribution in [0.5, 0.6) is 0 Å². The standard InChI is InChI=1S/C22H24N4O2S/c1-2-28-21(27)18-9-10-20(23-15-18)25-11-6-12-26(14-13-25)22-24-16-19(29-22)17-7-4-3-5-8-17/h3-5,7-10,15-16H,2,6,11-14H2,1H3. The molecule has 1 fully saturated rings. The van der Waals surface area contributed by atoms with Gasteiger partial charge in [0.25, 0.3) is 0 Å². The molecule has 29 heavy (non-hydrogen) atoms. The number of esters is 1. The van der Waals surface area contributed by atoms with Crippen molar-refractivity contribution in [1.29, 1.82) is 0 Å². The summed E-state index contributed by atoms with van der Waals surface area (Å²) < 4.78 is 5.03. The number of hydrogen-bond donors (Lipinski definition) is 0. The fourth-order valence-corrected chi connectivity index (χ4v) is 4.37. The molecule has 6 nitrogen and oxygen atoms in total. The van der Waals surface area contributed by atoms with Gasteiger partial charge in [0, 0.05) is 38.6 Å². The Morgan fingerprint density at radius 1 is 1.00 bits per heavy atom. The summed E-state index contributed by atoms with van der Waals surface area (Å²) in [6, 6.07) is 14.1. The van der Waals surface area contributed by atoms with Crippen LogP contribution in [0.3, 0.4) is 0 Å². The van der Waals surface area contributed by atoms with E-state index in [4.69, 9.17) is 4.74 Å². The molecule has 1 saturated heterocycles. The van der Waals surface area contributed by atoms with E-state index >= 15 is 0 Å². The molecule has 1 aliphatic heterocycles. The van der Waals surface area contributed by atoms with Crippen LogP contribution in [-0.2, 0) is 4.74 Å². The summed E-state index contributed by atoms with van der Waals surface area (Å²) >= 11 is 1.74. The highest BCUT2D eigenvalue weighted by Crippen LogP contribution is 2.31. The Balaban J connectivity index is 1.41. The molecule has 3 heterocycles. The molecule has 0 aliphatic carbocycles. The molecule has 7 heteroatoms. The van der Waals surface area contributed by atoms with Gasteiger partial charge in [-0.05, 0) is 31.0 Å². The summed E-state index contributed by atoms with van der Waals surface area (Å²) in [5.41, 5.74) is 1.70. The monoisotopic (exact) mass is 408 g/mol. The average molecular weight is 409 g/mol. The normalized spacial score (nSPS) is 14.5. The molecule has 0 N–H and O–H groups in total. The predicted molar refractivity (Wildman–Crippen MR) is 117 cm³/mol. The van der Waals surface area contributed by atoms with Gasteiger partial charge in [-0.15, -0.1) is 0 Å². The van der Waals surface area contributed by atoms with E-state index in [2.05, 4.69) is 44.0 Å². The summed E-state index contributed by atoms with van der Waals surface area (Å²) in [6.45, 7) is 5.83. The van der Waals surface area contributed by atoms with Gasteiger partial charge in [0.1, 0.15) is 5.82 Å². The van der Waals surface area contributed by atoms with Crippen molar-refractivity contribution < 1.29 is 9.53 Å². The molecule has 1 aliphatic rings. The maximum atomic E-state index is 11.8. The predicted octanol–water partition coefficient (Wildman–Crippen LogP) is 4.10. The molecule has 0 spiro atoms. The molecule has 4 rings (SSSR count). The Kier molecular flexibility index (Phi) is 6.05. The highest BCUT2D eigenvalue weighted by atomic mass is 32.1. The van der Waals surface area contributed by atoms with Gasteiger partial charge in [0.05, 0.1) is 17.0 Å². The van der Waals surface area contributed by atoms with Gasteiger partial charge >= 0.3 is 5.97 Å². The van der Waals surface area contributed by atoms with Gasteiger partial charge in [0.15, 0.2) is 5.13 Å². The third-order valence-electron chi connectivity index (χ3n) is 4.90. The molecule has 0 amide bonds. The first kappa shape index (κ1) is 19.4. The minimum absolute atomic E-state index is 0.327. The highest BCUT2D eigenvalue weighted by Gasteiger charge is 2.19. The highest BCUT2D eigenvalue weighted by molar-refractivity contribution is 7.18. The molecule has 150 valence electrons. The lowest BCUT2D eigenvalue weighted by atomic mass is 10.2. The number of carbonyl (C=O) groups is 1. The van der Waals surface area contributed by atoms with Crippen molar-refractivity contribution in [1.82, 2.24) is 9.97 Å². The number of hydrogen-bond acceptors (Lipinski definition) is 7. The van der Waals surface area contributed by atoms with E-state index in [1.54, 1.807) is 30.5 Å². The van der Waals surface area contributed by atoms with Crippen LogP contribution in [0.2, 0.25) is 0 Å². The molecule has 1 aromatic carbocycles. The van der Waals surface area contributed by atoms with Gasteiger partial charge in [-0.3, -0.25) is 0 Å². The molecular weight excluding hydrogens is 384 g/mol. The fraction of sp³-hybridized carbons (Fsp3) is 0.318. The first-order chi connectivity index (χ1) is 14.2. The third kappa shape index (κ3) is 4.56. The van der Waals surface area contributed by atoms with Crippen molar-refractivity contribution in [2.24, 2.45) is 0 Å². The first-order valence-electron chi connectivity index (χ1n) is 9.89. The van der Waals surface area contributed by atoms with Crippen LogP contribution in [0.1, 0.15) is 23.7 Å². The van der Waals surface area contributed by atoms with Crippen molar-refractivity contribution in [3.05, 3.63) is 60.4 Å². The first-order valence-corrected chi connectivity index (χ1v) is 10.7. The fourth-order valence-electron chi connectivity index (χ4n) is 3.39. The Hall–Kier alpha value is -2.93. The Morgan fingerprint density at radius 2 is 1.79 bits per heavy atom. The average Bonchev–Trinajstić information content (AvgIpc) is 3.13. The number of thiazole rings is 1. The van der Waals surface area contributed by atoms with Crippen molar-refractivity contribution >= 4 is 28.3 Å². The minimum Gasteiger partial charge on any atom is -0.462 e. The summed E-state index contributed by atoms with van der Waals surface area (Å²) in [7, 11) is 0. The van der Waals surface area contributed by atoms with Crippen molar-refractivity contribution in [2.45, 2.75) is 13.3 Å². The van der Waals surface area contributed by atoms with Gasteiger partial charge < -0.3 is 14.5 Å². The summed E-state index contributed by atoms with van der Waals surface area (Å²) in [5, 5.41) is 1.07. The number of benzene rings is 1. The maximum Gasteiger partial charge on any atom is 0.339 e. The largest absolute Gasteiger partial charge is 0.462 e. The van der Waals surface area contributed by atoms with E-state index in [1.807, 2.05) is 18.3 Å². The van der Waals surface area contributed by atoms with E-state index in [0.29, 0.717) is 12.2 Å². The van der Waals surface area contributed by atoms with E-state index in [0.717, 1.165) is 43.5 Å². The Labute approximate surface area is 174 Å². The van der Waals surface area contributed by atoms with Crippen LogP contribution in [0, 0.1) is 0 Å². The number of carbonyl (C=O) groups excluding carboxylic acids is 1. The molecule has 0 bridgehead atoms. The second kappa shape index (κ2) is 9.05. The van der Waals surface area contributed by atoms with Gasteiger partial charge in [0.2, 0.25) is 0 Å². The molecule has 0 unspecified atom stereocenters. The second-order valence-corrected chi connectivity index (χ2v) is 7.84. The quantitative estimate of drug-likeness (QED) is 0.593. The van der Waals surface area contributed by atoms with E-state index in [9.17, 15) is 4.79 Å². The van der Waals surface area contributed by atoms with Crippen molar-refractivity contribution in [3.63, 3.8) is 0 Å². The number of rotatable bonds is 5. The van der Waals surface area contributed by atoms with Crippen molar-refractivity contribution in [3.8, 4) is 10.4 Å². The Morgan fingerprint density at radius 3 is 2.55 bits per heavy atom. The van der Waals surface area contributed by atoms with Gasteiger partial charge in [-0.1, -0.05) is 41.7 Å². The summed E-state index contributed by atoms with van der Waals surface area (Å²) in [6.07, 6.45) is 4.60. The smallest absolute Gasteiger partial charge is 0.339 e. The molecule has 0 atom stereocenters. The molecule has 3 aromatic rings. The zero-order valence-electron chi connectivity index (χ0n) is 16.5. The lowest BCUT2D eigenvalue weighted by Crippen LogP contribution is -2.31. The number of aromatic nitrogens is 2. The second-order valence-electron chi connectivity index (χ2n) is 6.83. The van der Waals surface area contributed by atoms with Crippen LogP contribution in [0.15, 0.2) is 54.9 Å². The van der Waals surface area contributed by atoms with E-state index < -0.39 is 0 Å². The topological polar surface area (TPSA) is 58.6 Å². The van der Waals surface area contributed by atoms with Crippen LogP contribution in [0.25, 0.3) is 10.4 Å². The van der Waals surface area contributed by atoms with Crippen molar-refractivity contribution in [2.75, 3.05) is 42.6 Å². The van der Waals surface area contributed by atoms with E-state index in [1.165, 1.54) is 10.4 Å². The number of nitrogens with zero attached hydrogens (tertiary/aromatic N) is 4. The SMILES string of the molecule is CCOC(=O)c1ccc(N2CCCN(c3ncc(-c4ccccc4)s3)CC2)nc1. The van der Waals surface area contributed by atoms with Crippen LogP contribution in [0.4, 0.5) is 10.9 Å². The van der Waals surface area contributed by atoms with Crippen LogP contribution >= 0.6 is 11.3 Å². The van der Waals surface area contributed by atoms with Gasteiger partial charge in [-0.2, -0.15) is 0 Å². The number of anilines is 2. The van der Waals surface area contributed by atoms with Crippen LogP contribution < -0.4 is 9.80 Å². The van der Waals surface area contributed by atoms with E-state index in [-0.39, 0.29) is 5.97 Å². The minimum atomic E-state index is -0.327. The lowest BCUT2D eigenvalue weighted by molar-refractivity contribution is 0.0526.